The molecule has 1 amide bonds. The van der Waals surface area contributed by atoms with Gasteiger partial charge in [-0.05, 0) is 33.1 Å². The summed E-state index contributed by atoms with van der Waals surface area (Å²) in [5.74, 6) is 0.0709. The fraction of sp³-hybridized carbons (Fsp3) is 0.852. The summed E-state index contributed by atoms with van der Waals surface area (Å²) in [5, 5.41) is 2.96. The van der Waals surface area contributed by atoms with Crippen molar-refractivity contribution in [1.82, 2.24) is 5.32 Å². The van der Waals surface area contributed by atoms with Gasteiger partial charge in [-0.25, -0.2) is 4.99 Å². The van der Waals surface area contributed by atoms with Gasteiger partial charge in [0.2, 0.25) is 5.91 Å². The maximum Gasteiger partial charge on any atom is 0.217 e. The molecule has 0 aliphatic carbocycles. The van der Waals surface area contributed by atoms with Crippen molar-refractivity contribution in [3.05, 3.63) is 12.2 Å². The monoisotopic (exact) mass is 434 g/mol. The van der Waals surface area contributed by atoms with Gasteiger partial charge in [0.25, 0.3) is 0 Å². The van der Waals surface area contributed by atoms with Crippen molar-refractivity contribution < 1.29 is 9.28 Å². The summed E-state index contributed by atoms with van der Waals surface area (Å²) >= 11 is 0. The molecule has 1 aliphatic heterocycles. The van der Waals surface area contributed by atoms with Crippen LogP contribution in [0.3, 0.4) is 0 Å². The van der Waals surface area contributed by atoms with Crippen LogP contribution in [0.15, 0.2) is 17.1 Å². The second-order valence-corrected chi connectivity index (χ2v) is 9.48. The fourth-order valence-electron chi connectivity index (χ4n) is 4.84. The average molecular weight is 435 g/mol. The standard InChI is InChI=1S/C27H51N3O/c1-4-6-7-8-9-10-11-12-13-14-15-16-17-18-19-20-21-27-29-23-25-30(27,5-2)24-22-28-26(3)31/h4,6,23,27H,5,7-22,24-25H2,1-3H3/p+1/b6-4+. The van der Waals surface area contributed by atoms with Crippen molar-refractivity contribution >= 4 is 12.1 Å². The summed E-state index contributed by atoms with van der Waals surface area (Å²) in [4.78, 5) is 16.0. The van der Waals surface area contributed by atoms with E-state index in [1.54, 1.807) is 6.92 Å². The molecule has 2 unspecified atom stereocenters. The van der Waals surface area contributed by atoms with E-state index in [4.69, 9.17) is 4.99 Å². The Morgan fingerprint density at radius 3 is 2.03 bits per heavy atom. The lowest BCUT2D eigenvalue weighted by molar-refractivity contribution is -0.935. The third-order valence-corrected chi connectivity index (χ3v) is 6.98. The van der Waals surface area contributed by atoms with Gasteiger partial charge in [0, 0.05) is 13.3 Å². The zero-order chi connectivity index (χ0) is 22.6. The van der Waals surface area contributed by atoms with Gasteiger partial charge in [-0.2, -0.15) is 0 Å². The Bertz CT molecular complexity index is 503. The first-order valence-corrected chi connectivity index (χ1v) is 13.4. The first-order chi connectivity index (χ1) is 15.1. The van der Waals surface area contributed by atoms with Gasteiger partial charge in [-0.1, -0.05) is 82.8 Å². The van der Waals surface area contributed by atoms with Crippen LogP contribution < -0.4 is 5.32 Å². The maximum absolute atomic E-state index is 11.2. The van der Waals surface area contributed by atoms with Crippen LogP contribution in [0, 0.1) is 0 Å². The zero-order valence-electron chi connectivity index (χ0n) is 21.0. The molecule has 31 heavy (non-hydrogen) atoms. The molecule has 0 aromatic rings. The predicted molar refractivity (Wildman–Crippen MR) is 136 cm³/mol. The van der Waals surface area contributed by atoms with Crippen LogP contribution in [0.25, 0.3) is 0 Å². The number of quaternary nitrogens is 1. The van der Waals surface area contributed by atoms with E-state index in [2.05, 4.69) is 37.5 Å². The topological polar surface area (TPSA) is 41.5 Å². The molecule has 4 nitrogen and oxygen atoms in total. The quantitative estimate of drug-likeness (QED) is 0.128. The van der Waals surface area contributed by atoms with Crippen LogP contribution in [0.1, 0.15) is 117 Å². The van der Waals surface area contributed by atoms with Crippen molar-refractivity contribution in [2.75, 3.05) is 26.2 Å². The third-order valence-electron chi connectivity index (χ3n) is 6.98. The van der Waals surface area contributed by atoms with Crippen LogP contribution in [0.2, 0.25) is 0 Å². The normalized spacial score (nSPS) is 20.7. The molecular weight excluding hydrogens is 382 g/mol. The molecule has 0 bridgehead atoms. The van der Waals surface area contributed by atoms with E-state index < -0.39 is 0 Å². The van der Waals surface area contributed by atoms with E-state index in [0.717, 1.165) is 30.7 Å². The van der Waals surface area contributed by atoms with Crippen molar-refractivity contribution in [3.8, 4) is 0 Å². The Morgan fingerprint density at radius 2 is 1.52 bits per heavy atom. The molecule has 0 spiro atoms. The van der Waals surface area contributed by atoms with Gasteiger partial charge < -0.3 is 5.32 Å². The van der Waals surface area contributed by atoms with Crippen molar-refractivity contribution in [3.63, 3.8) is 0 Å². The van der Waals surface area contributed by atoms with Crippen LogP contribution >= 0.6 is 0 Å². The number of likely N-dealkylation sites (N-methyl/N-ethyl adjacent to an activating group) is 1. The number of nitrogens with one attached hydrogen (secondary N) is 1. The van der Waals surface area contributed by atoms with Gasteiger partial charge in [0.05, 0.1) is 25.8 Å². The number of allylic oxidation sites excluding steroid dienone is 2. The van der Waals surface area contributed by atoms with E-state index in [1.807, 2.05) is 0 Å². The summed E-state index contributed by atoms with van der Waals surface area (Å²) in [6, 6.07) is 0. The molecule has 0 saturated heterocycles. The van der Waals surface area contributed by atoms with Gasteiger partial charge in [0.1, 0.15) is 6.54 Å². The third kappa shape index (κ3) is 13.1. The first kappa shape index (κ1) is 27.9. The fourth-order valence-corrected chi connectivity index (χ4v) is 4.84. The summed E-state index contributed by atoms with van der Waals surface area (Å²) in [6.07, 6.45) is 27.6. The molecule has 1 aliphatic rings. The Hall–Kier alpha value is -1.16. The number of hydrogen-bond donors (Lipinski definition) is 1. The highest BCUT2D eigenvalue weighted by molar-refractivity contribution is 5.72. The van der Waals surface area contributed by atoms with Gasteiger partial charge >= 0.3 is 0 Å². The molecule has 2 atom stereocenters. The Balaban J connectivity index is 1.95. The van der Waals surface area contributed by atoms with Crippen LogP contribution in [0.4, 0.5) is 0 Å². The molecule has 4 heteroatoms. The zero-order valence-corrected chi connectivity index (χ0v) is 21.0. The molecule has 0 aromatic carbocycles. The van der Waals surface area contributed by atoms with E-state index in [-0.39, 0.29) is 5.91 Å². The van der Waals surface area contributed by atoms with Crippen LogP contribution in [0.5, 0.6) is 0 Å². The molecule has 1 N–H and O–H groups in total. The maximum atomic E-state index is 11.2. The van der Waals surface area contributed by atoms with Crippen molar-refractivity contribution in [1.29, 1.82) is 0 Å². The molecule has 0 aromatic heterocycles. The smallest absolute Gasteiger partial charge is 0.217 e. The lowest BCUT2D eigenvalue weighted by Gasteiger charge is -2.38. The lowest BCUT2D eigenvalue weighted by Crippen LogP contribution is -2.55. The molecule has 0 radical (unpaired) electrons. The second kappa shape index (κ2) is 18.4. The number of carbonyl (C=O) groups is 1. The minimum atomic E-state index is 0.0709. The minimum absolute atomic E-state index is 0.0709. The summed E-state index contributed by atoms with van der Waals surface area (Å²) in [7, 11) is 0. The van der Waals surface area contributed by atoms with Crippen molar-refractivity contribution in [2.45, 2.75) is 123 Å². The molecule has 180 valence electrons. The average Bonchev–Trinajstić information content (AvgIpc) is 3.16. The van der Waals surface area contributed by atoms with E-state index >= 15 is 0 Å². The highest BCUT2D eigenvalue weighted by atomic mass is 16.1. The Labute approximate surface area is 193 Å². The predicted octanol–water partition coefficient (Wildman–Crippen LogP) is 6.80. The number of amides is 1. The number of rotatable bonds is 20. The van der Waals surface area contributed by atoms with Gasteiger partial charge in [0.15, 0.2) is 6.17 Å². The number of nitrogens with zero attached hydrogens (tertiary/aromatic N) is 2. The number of aliphatic imine (C=N–C) groups is 1. The highest BCUT2D eigenvalue weighted by Gasteiger charge is 2.37. The molecular formula is C27H52N3O+. The SMILES string of the molecule is C/C=C/CCCCCCCCCCCCCCCC1N=CC[N+]1(CC)CCNC(C)=O. The number of unbranched alkanes of at least 4 members (excludes halogenated alkanes) is 13. The molecule has 1 heterocycles. The number of hydrogen-bond acceptors (Lipinski definition) is 2. The molecule has 0 fully saturated rings. The summed E-state index contributed by atoms with van der Waals surface area (Å²) in [6.45, 7) is 9.86. The van der Waals surface area contributed by atoms with Gasteiger partial charge in [-0.3, -0.25) is 9.28 Å². The number of carbonyl (C=O) groups excluding carboxylic acids is 1. The Morgan fingerprint density at radius 1 is 0.968 bits per heavy atom. The summed E-state index contributed by atoms with van der Waals surface area (Å²) < 4.78 is 1.02. The Kier molecular flexibility index (Phi) is 16.6. The van der Waals surface area contributed by atoms with Crippen LogP contribution in [-0.2, 0) is 4.79 Å². The first-order valence-electron chi connectivity index (χ1n) is 13.4. The largest absolute Gasteiger partial charge is 0.351 e. The molecule has 0 saturated carbocycles. The van der Waals surface area contributed by atoms with E-state index in [0.29, 0.717) is 6.17 Å². The van der Waals surface area contributed by atoms with E-state index in [1.165, 1.54) is 96.3 Å². The highest BCUT2D eigenvalue weighted by Crippen LogP contribution is 2.24. The second-order valence-electron chi connectivity index (χ2n) is 9.48. The molecule has 1 rings (SSSR count). The van der Waals surface area contributed by atoms with E-state index in [9.17, 15) is 4.79 Å². The van der Waals surface area contributed by atoms with Gasteiger partial charge in [-0.15, -0.1) is 0 Å². The van der Waals surface area contributed by atoms with Crippen molar-refractivity contribution in [2.24, 2.45) is 4.99 Å². The minimum Gasteiger partial charge on any atom is -0.351 e. The van der Waals surface area contributed by atoms with Crippen LogP contribution in [-0.4, -0.2) is 48.9 Å². The lowest BCUT2D eigenvalue weighted by atomic mass is 10.0. The summed E-state index contributed by atoms with van der Waals surface area (Å²) in [5.41, 5.74) is 0.